The molecule has 0 N–H and O–H groups in total. The topological polar surface area (TPSA) is 33.0 Å². The summed E-state index contributed by atoms with van der Waals surface area (Å²) < 4.78 is 5.82. The van der Waals surface area contributed by atoms with Crippen molar-refractivity contribution in [2.75, 3.05) is 6.61 Å². The van der Waals surface area contributed by atoms with Gasteiger partial charge in [-0.25, -0.2) is 6.07 Å². The van der Waals surface area contributed by atoms with E-state index in [0.717, 1.165) is 13.0 Å². The zero-order valence-electron chi connectivity index (χ0n) is 14.4. The van der Waals surface area contributed by atoms with Crippen molar-refractivity contribution in [1.29, 1.82) is 5.26 Å². The van der Waals surface area contributed by atoms with Gasteiger partial charge in [-0.1, -0.05) is 20.8 Å². The van der Waals surface area contributed by atoms with Gasteiger partial charge in [0.25, 0.3) is 0 Å². The molecule has 0 radical (unpaired) electrons. The summed E-state index contributed by atoms with van der Waals surface area (Å²) in [5.41, 5.74) is 0. The van der Waals surface area contributed by atoms with Gasteiger partial charge in [-0.15, -0.1) is 5.38 Å². The summed E-state index contributed by atoms with van der Waals surface area (Å²) in [6.07, 6.45) is 0.881. The summed E-state index contributed by atoms with van der Waals surface area (Å²) in [6.45, 7) is 20.6. The Kier molecular flexibility index (Phi) is 30.6. The van der Waals surface area contributed by atoms with E-state index >= 15 is 0 Å². The monoisotopic (exact) mass is 359 g/mol. The molecule has 0 saturated heterocycles. The minimum atomic E-state index is -1.47. The van der Waals surface area contributed by atoms with Crippen LogP contribution < -0.4 is 37.7 Å². The predicted octanol–water partition coefficient (Wildman–Crippen LogP) is -1.12. The molecule has 1 heterocycles. The summed E-state index contributed by atoms with van der Waals surface area (Å²) in [5.74, 6) is 0. The summed E-state index contributed by atoms with van der Waals surface area (Å²) in [7, 11) is -1.47. The molecule has 0 atom stereocenters. The first-order valence-corrected chi connectivity index (χ1v) is 9.65. The number of rotatable bonds is 3. The Morgan fingerprint density at radius 2 is 1.76 bits per heavy atom. The molecule has 0 amide bonds. The van der Waals surface area contributed by atoms with E-state index in [0.29, 0.717) is 5.04 Å². The molecule has 1 aromatic rings. The molecule has 0 fully saturated rings. The zero-order chi connectivity index (χ0) is 14.7. The van der Waals surface area contributed by atoms with Crippen LogP contribution in [0.15, 0.2) is 17.5 Å². The molecule has 0 bridgehead atoms. The molecule has 114 valence electrons. The molecule has 7 heteroatoms. The van der Waals surface area contributed by atoms with Crippen LogP contribution in [-0.4, -0.2) is 14.9 Å². The quantitative estimate of drug-likeness (QED) is 0.506. The van der Waals surface area contributed by atoms with E-state index in [1.54, 1.807) is 11.3 Å². The van der Waals surface area contributed by atoms with Crippen molar-refractivity contribution in [1.82, 2.24) is 0 Å². The average molecular weight is 360 g/mol. The Bertz CT molecular complexity index is 286. The summed E-state index contributed by atoms with van der Waals surface area (Å²) in [4.78, 5) is 0. The van der Waals surface area contributed by atoms with Crippen LogP contribution in [0.4, 0.5) is 0 Å². The van der Waals surface area contributed by atoms with Crippen LogP contribution in [0.1, 0.15) is 27.2 Å². The molecule has 1 aromatic heterocycles. The molecule has 0 saturated carbocycles. The fraction of sp³-hybridized carbons (Fsp3) is 0.571. The molecular formula is C14H24CuLi2NOSSi. The van der Waals surface area contributed by atoms with E-state index in [1.807, 2.05) is 17.5 Å². The Hall–Kier alpha value is 1.08. The third-order valence-corrected chi connectivity index (χ3v) is 7.90. The van der Waals surface area contributed by atoms with Gasteiger partial charge in [0, 0.05) is 6.61 Å². The molecule has 0 aliphatic heterocycles. The minimum Gasteiger partial charge on any atom is -0.512 e. The van der Waals surface area contributed by atoms with Crippen LogP contribution in [0.5, 0.6) is 0 Å². The summed E-state index contributed by atoms with van der Waals surface area (Å²) in [5, 5.41) is 11.5. The number of thiophene rings is 1. The van der Waals surface area contributed by atoms with E-state index in [1.165, 1.54) is 0 Å². The van der Waals surface area contributed by atoms with Gasteiger partial charge in [0.15, 0.2) is 8.32 Å². The average Bonchev–Trinajstić information content (AvgIpc) is 2.86. The summed E-state index contributed by atoms with van der Waals surface area (Å²) >= 11 is 1.59. The normalized spacial score (nSPS) is 9.14. The maximum Gasteiger partial charge on any atom is 1.00 e. The van der Waals surface area contributed by atoms with Gasteiger partial charge in [0.2, 0.25) is 0 Å². The first-order valence-electron chi connectivity index (χ1n) is 5.86. The zero-order valence-corrected chi connectivity index (χ0v) is 17.2. The second-order valence-electron chi connectivity index (χ2n) is 5.19. The minimum absolute atomic E-state index is 0. The smallest absolute Gasteiger partial charge is 0.512 e. The molecule has 1 rings (SSSR count). The maximum absolute atomic E-state index is 6.25. The van der Waals surface area contributed by atoms with E-state index in [4.69, 9.17) is 16.3 Å². The van der Waals surface area contributed by atoms with E-state index < -0.39 is 8.32 Å². The fourth-order valence-electron chi connectivity index (χ4n) is 0.740. The van der Waals surface area contributed by atoms with Crippen molar-refractivity contribution in [3.63, 3.8) is 0 Å². The SMILES string of the molecule is [C-]#N.[CH2-]CCO[Si](C)(C)C(C)(C)C.[Cu+].[Li+].[Li+].[c-]1cccs1. The van der Waals surface area contributed by atoms with Gasteiger partial charge in [-0.2, -0.15) is 17.9 Å². The van der Waals surface area contributed by atoms with E-state index in [2.05, 4.69) is 46.2 Å². The van der Waals surface area contributed by atoms with Gasteiger partial charge < -0.3 is 34.5 Å². The fourth-order valence-corrected chi connectivity index (χ4v) is 2.22. The second-order valence-corrected chi connectivity index (χ2v) is 10.7. The third-order valence-electron chi connectivity index (χ3n) is 2.79. The largest absolute Gasteiger partial charge is 1.00 e. The van der Waals surface area contributed by atoms with Gasteiger partial charge in [0.05, 0.1) is 0 Å². The first kappa shape index (κ1) is 33.6. The van der Waals surface area contributed by atoms with Crippen molar-refractivity contribution < 1.29 is 59.2 Å². The molecule has 0 aliphatic carbocycles. The molecule has 0 unspecified atom stereocenters. The van der Waals surface area contributed by atoms with Crippen LogP contribution in [0.25, 0.3) is 0 Å². The molecule has 0 aromatic carbocycles. The number of hydrogen-bond donors (Lipinski definition) is 0. The van der Waals surface area contributed by atoms with Crippen molar-refractivity contribution in [2.45, 2.75) is 45.3 Å². The van der Waals surface area contributed by atoms with Crippen LogP contribution in [0, 0.1) is 24.1 Å². The molecule has 21 heavy (non-hydrogen) atoms. The Morgan fingerprint density at radius 1 is 1.29 bits per heavy atom. The Labute approximate surface area is 171 Å². The van der Waals surface area contributed by atoms with Crippen molar-refractivity contribution >= 4 is 19.7 Å². The molecule has 0 aliphatic rings. The summed E-state index contributed by atoms with van der Waals surface area (Å²) in [6, 6.07) is 3.86. The molecule has 0 spiro atoms. The Morgan fingerprint density at radius 3 is 1.95 bits per heavy atom. The Balaban J connectivity index is -0.0000000728. The number of hydrogen-bond acceptors (Lipinski definition) is 3. The molecule has 2 nitrogen and oxygen atoms in total. The standard InChI is InChI=1S/C9H21OSi.C4H3S.CN.Cu.2Li/c1-7-8-10-11(5,6)9(2,3)4;1-2-4-5-3-1;1-2;;;/h1,7-8H2,2-6H3;1-3H;;;;/q3*-1;3*+1. The van der Waals surface area contributed by atoms with Gasteiger partial charge in [-0.3, -0.25) is 0 Å². The second kappa shape index (κ2) is 19.1. The first-order chi connectivity index (χ1) is 8.31. The van der Waals surface area contributed by atoms with E-state index in [-0.39, 0.29) is 54.8 Å². The van der Waals surface area contributed by atoms with Crippen molar-refractivity contribution in [3.8, 4) is 0 Å². The van der Waals surface area contributed by atoms with Crippen LogP contribution in [0.3, 0.4) is 0 Å². The van der Waals surface area contributed by atoms with Gasteiger partial charge in [0.1, 0.15) is 0 Å². The predicted molar refractivity (Wildman–Crippen MR) is 81.2 cm³/mol. The maximum atomic E-state index is 6.25. The van der Waals surface area contributed by atoms with Gasteiger partial charge in [-0.05, 0) is 18.1 Å². The van der Waals surface area contributed by atoms with Crippen LogP contribution in [-0.2, 0) is 21.5 Å². The van der Waals surface area contributed by atoms with E-state index in [9.17, 15) is 0 Å². The van der Waals surface area contributed by atoms with Crippen molar-refractivity contribution in [3.05, 3.63) is 36.4 Å². The van der Waals surface area contributed by atoms with Crippen LogP contribution >= 0.6 is 11.3 Å². The number of nitrogens with zero attached hydrogens (tertiary/aromatic N) is 1. The molecular weight excluding hydrogens is 336 g/mol. The third kappa shape index (κ3) is 19.0. The van der Waals surface area contributed by atoms with Crippen molar-refractivity contribution in [2.24, 2.45) is 0 Å². The van der Waals surface area contributed by atoms with Gasteiger partial charge >= 0.3 is 54.8 Å². The van der Waals surface area contributed by atoms with Crippen LogP contribution in [0.2, 0.25) is 18.1 Å².